The summed E-state index contributed by atoms with van der Waals surface area (Å²) in [6.07, 6.45) is 6.08. The first-order valence-electron chi connectivity index (χ1n) is 10.0. The largest absolute Gasteiger partial charge is 0.497 e. The number of carbonyl (C=O) groups excluding carboxylic acids is 1. The number of nitrogens with one attached hydrogen (secondary N) is 1. The van der Waals surface area contributed by atoms with Crippen LogP contribution in [0.15, 0.2) is 48.5 Å². The molecule has 1 aliphatic heterocycles. The molecule has 0 aromatic heterocycles. The fourth-order valence-electron chi connectivity index (χ4n) is 4.10. The van der Waals surface area contributed by atoms with Crippen LogP contribution >= 0.6 is 0 Å². The Hall–Kier alpha value is -2.33. The standard InChI is InChI=1S/C23H28N2O2/c1-27-22-9-2-5-18(15-22)17-10-12-20(13-11-17)24-23(26)19-6-4-14-25(16-19)21-7-3-8-21/h2,5,9-13,15,19,21H,3-4,6-8,14,16H2,1H3,(H,24,26). The molecule has 2 aromatic carbocycles. The lowest BCUT2D eigenvalue weighted by Gasteiger charge is -2.42. The summed E-state index contributed by atoms with van der Waals surface area (Å²) in [5, 5.41) is 3.12. The zero-order chi connectivity index (χ0) is 18.6. The summed E-state index contributed by atoms with van der Waals surface area (Å²) < 4.78 is 5.30. The van der Waals surface area contributed by atoms with Gasteiger partial charge in [-0.25, -0.2) is 0 Å². The molecule has 2 aliphatic rings. The Morgan fingerprint density at radius 2 is 1.85 bits per heavy atom. The van der Waals surface area contributed by atoms with Gasteiger partial charge in [0, 0.05) is 18.3 Å². The first kappa shape index (κ1) is 18.1. The molecule has 1 heterocycles. The van der Waals surface area contributed by atoms with Gasteiger partial charge in [0.25, 0.3) is 0 Å². The highest BCUT2D eigenvalue weighted by atomic mass is 16.5. The van der Waals surface area contributed by atoms with Crippen LogP contribution in [0.25, 0.3) is 11.1 Å². The summed E-state index contributed by atoms with van der Waals surface area (Å²) in [5.41, 5.74) is 3.09. The minimum Gasteiger partial charge on any atom is -0.497 e. The number of hydrogen-bond acceptors (Lipinski definition) is 3. The van der Waals surface area contributed by atoms with Gasteiger partial charge in [-0.05, 0) is 67.6 Å². The molecule has 142 valence electrons. The van der Waals surface area contributed by atoms with Gasteiger partial charge in [0.15, 0.2) is 0 Å². The fraction of sp³-hybridized carbons (Fsp3) is 0.435. The molecule has 2 fully saturated rings. The SMILES string of the molecule is COc1cccc(-c2ccc(NC(=O)C3CCCN(C4CCC4)C3)cc2)c1. The van der Waals surface area contributed by atoms with Crippen LogP contribution in [0, 0.1) is 5.92 Å². The Kier molecular flexibility index (Phi) is 5.44. The second kappa shape index (κ2) is 8.13. The maximum atomic E-state index is 12.7. The number of anilines is 1. The third-order valence-corrected chi connectivity index (χ3v) is 5.97. The number of amides is 1. The van der Waals surface area contributed by atoms with Gasteiger partial charge in [0.2, 0.25) is 5.91 Å². The molecule has 0 spiro atoms. The molecule has 27 heavy (non-hydrogen) atoms. The molecule has 4 rings (SSSR count). The number of methoxy groups -OCH3 is 1. The molecular weight excluding hydrogens is 336 g/mol. The first-order valence-corrected chi connectivity index (χ1v) is 10.0. The number of rotatable bonds is 5. The normalized spacial score (nSPS) is 20.7. The van der Waals surface area contributed by atoms with Gasteiger partial charge in [-0.1, -0.05) is 30.7 Å². The zero-order valence-corrected chi connectivity index (χ0v) is 16.0. The highest BCUT2D eigenvalue weighted by Gasteiger charge is 2.32. The monoisotopic (exact) mass is 364 g/mol. The molecule has 1 saturated heterocycles. The average molecular weight is 364 g/mol. The number of benzene rings is 2. The maximum Gasteiger partial charge on any atom is 0.228 e. The molecule has 1 atom stereocenters. The van der Waals surface area contributed by atoms with Crippen molar-refractivity contribution in [1.29, 1.82) is 0 Å². The number of nitrogens with zero attached hydrogens (tertiary/aromatic N) is 1. The van der Waals surface area contributed by atoms with Crippen molar-refractivity contribution >= 4 is 11.6 Å². The Balaban J connectivity index is 1.38. The summed E-state index contributed by atoms with van der Waals surface area (Å²) >= 11 is 0. The molecule has 1 amide bonds. The van der Waals surface area contributed by atoms with Crippen LogP contribution in [0.3, 0.4) is 0 Å². The summed E-state index contributed by atoms with van der Waals surface area (Å²) in [4.78, 5) is 15.3. The highest BCUT2D eigenvalue weighted by Crippen LogP contribution is 2.30. The van der Waals surface area contributed by atoms with Gasteiger partial charge in [-0.2, -0.15) is 0 Å². The Bertz CT molecular complexity index is 783. The van der Waals surface area contributed by atoms with Gasteiger partial charge in [-0.3, -0.25) is 9.69 Å². The van der Waals surface area contributed by atoms with Gasteiger partial charge in [0.05, 0.1) is 13.0 Å². The Labute approximate surface area is 161 Å². The molecule has 0 radical (unpaired) electrons. The minimum absolute atomic E-state index is 0.109. The molecule has 0 bridgehead atoms. The van der Waals surface area contributed by atoms with E-state index in [1.165, 1.54) is 19.3 Å². The van der Waals surface area contributed by atoms with E-state index in [4.69, 9.17) is 4.74 Å². The molecular formula is C23H28N2O2. The number of hydrogen-bond donors (Lipinski definition) is 1. The van der Waals surface area contributed by atoms with Crippen molar-refractivity contribution in [3.8, 4) is 16.9 Å². The van der Waals surface area contributed by atoms with E-state index >= 15 is 0 Å². The van der Waals surface area contributed by atoms with E-state index in [1.807, 2.05) is 42.5 Å². The van der Waals surface area contributed by atoms with E-state index in [9.17, 15) is 4.79 Å². The summed E-state index contributed by atoms with van der Waals surface area (Å²) in [6.45, 7) is 2.07. The third kappa shape index (κ3) is 4.16. The molecule has 1 saturated carbocycles. The lowest BCUT2D eigenvalue weighted by molar-refractivity contribution is -0.122. The molecule has 4 heteroatoms. The second-order valence-corrected chi connectivity index (χ2v) is 7.72. The van der Waals surface area contributed by atoms with Crippen LogP contribution in [0.5, 0.6) is 5.75 Å². The van der Waals surface area contributed by atoms with Crippen molar-refractivity contribution in [3.63, 3.8) is 0 Å². The lowest BCUT2D eigenvalue weighted by Crippen LogP contribution is -2.48. The fourth-order valence-corrected chi connectivity index (χ4v) is 4.10. The number of ether oxygens (including phenoxy) is 1. The van der Waals surface area contributed by atoms with Gasteiger partial charge in [-0.15, -0.1) is 0 Å². The quantitative estimate of drug-likeness (QED) is 0.845. The molecule has 2 aromatic rings. The first-order chi connectivity index (χ1) is 13.2. The topological polar surface area (TPSA) is 41.6 Å². The molecule has 1 N–H and O–H groups in total. The van der Waals surface area contributed by atoms with Gasteiger partial charge >= 0.3 is 0 Å². The smallest absolute Gasteiger partial charge is 0.228 e. The van der Waals surface area contributed by atoms with Crippen LogP contribution in [0.4, 0.5) is 5.69 Å². The van der Waals surface area contributed by atoms with Crippen molar-refractivity contribution < 1.29 is 9.53 Å². The van der Waals surface area contributed by atoms with Gasteiger partial charge in [0.1, 0.15) is 5.75 Å². The zero-order valence-electron chi connectivity index (χ0n) is 16.0. The van der Waals surface area contributed by atoms with Crippen molar-refractivity contribution in [2.45, 2.75) is 38.1 Å². The summed E-state index contributed by atoms with van der Waals surface area (Å²) in [7, 11) is 1.68. The summed E-state index contributed by atoms with van der Waals surface area (Å²) in [5.74, 6) is 1.11. The third-order valence-electron chi connectivity index (χ3n) is 5.97. The van der Waals surface area contributed by atoms with Gasteiger partial charge < -0.3 is 10.1 Å². The van der Waals surface area contributed by atoms with Crippen LogP contribution in [0.2, 0.25) is 0 Å². The minimum atomic E-state index is 0.109. The molecule has 1 unspecified atom stereocenters. The van der Waals surface area contributed by atoms with Crippen molar-refractivity contribution in [1.82, 2.24) is 4.90 Å². The van der Waals surface area contributed by atoms with Crippen LogP contribution in [-0.2, 0) is 4.79 Å². The van der Waals surface area contributed by atoms with E-state index in [1.54, 1.807) is 7.11 Å². The number of carbonyl (C=O) groups is 1. The lowest BCUT2D eigenvalue weighted by atomic mass is 9.87. The predicted octanol–water partition coefficient (Wildman–Crippen LogP) is 4.57. The van der Waals surface area contributed by atoms with Crippen molar-refractivity contribution in [2.24, 2.45) is 5.92 Å². The number of likely N-dealkylation sites (tertiary alicyclic amines) is 1. The van der Waals surface area contributed by atoms with E-state index < -0.39 is 0 Å². The number of piperidine rings is 1. The highest BCUT2D eigenvalue weighted by molar-refractivity contribution is 5.93. The Morgan fingerprint density at radius 1 is 1.04 bits per heavy atom. The van der Waals surface area contributed by atoms with E-state index in [2.05, 4.69) is 16.3 Å². The maximum absolute atomic E-state index is 12.7. The van der Waals surface area contributed by atoms with Crippen molar-refractivity contribution in [2.75, 3.05) is 25.5 Å². The van der Waals surface area contributed by atoms with E-state index in [-0.39, 0.29) is 11.8 Å². The molecule has 4 nitrogen and oxygen atoms in total. The molecule has 1 aliphatic carbocycles. The second-order valence-electron chi connectivity index (χ2n) is 7.72. The van der Waals surface area contributed by atoms with E-state index in [0.29, 0.717) is 0 Å². The van der Waals surface area contributed by atoms with Crippen molar-refractivity contribution in [3.05, 3.63) is 48.5 Å². The van der Waals surface area contributed by atoms with Crippen LogP contribution in [-0.4, -0.2) is 37.0 Å². The van der Waals surface area contributed by atoms with Crippen LogP contribution in [0.1, 0.15) is 32.1 Å². The predicted molar refractivity (Wildman–Crippen MR) is 109 cm³/mol. The summed E-state index contributed by atoms with van der Waals surface area (Å²) in [6, 6.07) is 16.8. The van der Waals surface area contributed by atoms with E-state index in [0.717, 1.165) is 54.5 Å². The average Bonchev–Trinajstić information content (AvgIpc) is 2.67. The Morgan fingerprint density at radius 3 is 2.56 bits per heavy atom. The van der Waals surface area contributed by atoms with Crippen LogP contribution < -0.4 is 10.1 Å².